The van der Waals surface area contributed by atoms with Gasteiger partial charge in [0.1, 0.15) is 5.82 Å². The van der Waals surface area contributed by atoms with Crippen LogP contribution in [-0.4, -0.2) is 39.1 Å². The van der Waals surface area contributed by atoms with Gasteiger partial charge in [0, 0.05) is 56.6 Å². The van der Waals surface area contributed by atoms with Crippen LogP contribution in [0.2, 0.25) is 0 Å². The van der Waals surface area contributed by atoms with E-state index < -0.39 is 0 Å². The summed E-state index contributed by atoms with van der Waals surface area (Å²) >= 11 is 0. The van der Waals surface area contributed by atoms with E-state index in [9.17, 15) is 9.18 Å². The first-order chi connectivity index (χ1) is 14.7. The second kappa shape index (κ2) is 8.07. The largest absolute Gasteiger partial charge is 0.346 e. The van der Waals surface area contributed by atoms with E-state index in [1.54, 1.807) is 6.07 Å². The highest BCUT2D eigenvalue weighted by atomic mass is 19.1. The molecule has 1 aromatic carbocycles. The van der Waals surface area contributed by atoms with Crippen LogP contribution in [0.4, 0.5) is 10.3 Å². The minimum Gasteiger partial charge on any atom is -0.346 e. The molecule has 0 radical (unpaired) electrons. The Morgan fingerprint density at radius 2 is 1.87 bits per heavy atom. The van der Waals surface area contributed by atoms with Crippen molar-refractivity contribution in [1.29, 1.82) is 0 Å². The SMILES string of the molecule is O=c1[nH]c(N2CCCC2)nc2c1CN(Cc1cccn1Cc1ccccc1F)CC2. The molecular formula is C23H26FN5O. The fraction of sp³-hybridized carbons (Fsp3) is 0.391. The van der Waals surface area contributed by atoms with Gasteiger partial charge in [0.15, 0.2) is 0 Å². The Morgan fingerprint density at radius 1 is 1.03 bits per heavy atom. The predicted molar refractivity (Wildman–Crippen MR) is 114 cm³/mol. The first kappa shape index (κ1) is 19.1. The Morgan fingerprint density at radius 3 is 2.70 bits per heavy atom. The monoisotopic (exact) mass is 407 g/mol. The van der Waals surface area contributed by atoms with Crippen molar-refractivity contribution >= 4 is 5.95 Å². The zero-order valence-corrected chi connectivity index (χ0v) is 17.0. The molecule has 6 nitrogen and oxygen atoms in total. The van der Waals surface area contributed by atoms with Gasteiger partial charge in [-0.25, -0.2) is 9.37 Å². The van der Waals surface area contributed by atoms with Crippen LogP contribution in [0.5, 0.6) is 0 Å². The van der Waals surface area contributed by atoms with Gasteiger partial charge >= 0.3 is 0 Å². The van der Waals surface area contributed by atoms with E-state index in [2.05, 4.69) is 25.4 Å². The number of aromatic nitrogens is 3. The number of aromatic amines is 1. The molecule has 30 heavy (non-hydrogen) atoms. The van der Waals surface area contributed by atoms with Crippen molar-refractivity contribution in [3.63, 3.8) is 0 Å². The Kier molecular flexibility index (Phi) is 5.12. The Labute approximate surface area is 175 Å². The van der Waals surface area contributed by atoms with Crippen LogP contribution in [0, 0.1) is 5.82 Å². The molecule has 0 atom stereocenters. The van der Waals surface area contributed by atoms with E-state index in [-0.39, 0.29) is 11.4 Å². The normalized spacial score (nSPS) is 16.8. The highest BCUT2D eigenvalue weighted by molar-refractivity contribution is 5.35. The van der Waals surface area contributed by atoms with E-state index in [4.69, 9.17) is 4.98 Å². The summed E-state index contributed by atoms with van der Waals surface area (Å²) in [4.78, 5) is 24.9. The van der Waals surface area contributed by atoms with Gasteiger partial charge in [-0.3, -0.25) is 14.7 Å². The second-order valence-electron chi connectivity index (χ2n) is 8.19. The van der Waals surface area contributed by atoms with E-state index >= 15 is 0 Å². The van der Waals surface area contributed by atoms with Crippen molar-refractivity contribution < 1.29 is 4.39 Å². The summed E-state index contributed by atoms with van der Waals surface area (Å²) < 4.78 is 16.1. The van der Waals surface area contributed by atoms with Crippen LogP contribution in [0.3, 0.4) is 0 Å². The standard InChI is InChI=1S/C23H26FN5O/c24-20-8-2-1-6-17(20)14-29-12-5-7-18(29)15-27-13-9-21-19(16-27)22(30)26-23(25-21)28-10-3-4-11-28/h1-2,5-8,12H,3-4,9-11,13-16H2,(H,25,26,30). The molecule has 3 aromatic rings. The molecule has 0 aliphatic carbocycles. The summed E-state index contributed by atoms with van der Waals surface area (Å²) in [5, 5.41) is 0. The lowest BCUT2D eigenvalue weighted by Gasteiger charge is -2.29. The van der Waals surface area contributed by atoms with E-state index in [1.807, 2.05) is 24.4 Å². The maximum atomic E-state index is 14.1. The van der Waals surface area contributed by atoms with Crippen LogP contribution in [-0.2, 0) is 26.1 Å². The van der Waals surface area contributed by atoms with E-state index in [1.165, 1.54) is 6.07 Å². The first-order valence-corrected chi connectivity index (χ1v) is 10.6. The molecule has 7 heteroatoms. The molecule has 2 aliphatic rings. The zero-order valence-electron chi connectivity index (χ0n) is 17.0. The van der Waals surface area contributed by atoms with E-state index in [0.717, 1.165) is 61.8 Å². The molecule has 2 aromatic heterocycles. The third kappa shape index (κ3) is 3.77. The number of halogens is 1. The highest BCUT2D eigenvalue weighted by Gasteiger charge is 2.24. The molecule has 5 rings (SSSR count). The summed E-state index contributed by atoms with van der Waals surface area (Å²) in [6.07, 6.45) is 5.06. The van der Waals surface area contributed by atoms with E-state index in [0.29, 0.717) is 25.2 Å². The fourth-order valence-electron chi connectivity index (χ4n) is 4.47. The number of fused-ring (bicyclic) bond motifs is 1. The number of nitrogens with zero attached hydrogens (tertiary/aromatic N) is 4. The molecule has 0 amide bonds. The number of hydrogen-bond donors (Lipinski definition) is 1. The maximum absolute atomic E-state index is 14.1. The van der Waals surface area contributed by atoms with Crippen molar-refractivity contribution in [3.8, 4) is 0 Å². The highest BCUT2D eigenvalue weighted by Crippen LogP contribution is 2.21. The van der Waals surface area contributed by atoms with Gasteiger partial charge in [-0.05, 0) is 31.0 Å². The topological polar surface area (TPSA) is 57.2 Å². The molecule has 2 aliphatic heterocycles. The minimum absolute atomic E-state index is 0.0201. The Balaban J connectivity index is 1.31. The zero-order chi connectivity index (χ0) is 20.5. The van der Waals surface area contributed by atoms with Crippen LogP contribution < -0.4 is 10.5 Å². The third-order valence-electron chi connectivity index (χ3n) is 6.15. The van der Waals surface area contributed by atoms with Gasteiger partial charge in [0.25, 0.3) is 5.56 Å². The predicted octanol–water partition coefficient (Wildman–Crippen LogP) is 2.92. The molecule has 0 bridgehead atoms. The van der Waals surface area contributed by atoms with Crippen molar-refractivity contribution in [1.82, 2.24) is 19.4 Å². The van der Waals surface area contributed by atoms with Gasteiger partial charge in [-0.1, -0.05) is 18.2 Å². The summed E-state index contributed by atoms with van der Waals surface area (Å²) in [7, 11) is 0. The first-order valence-electron chi connectivity index (χ1n) is 10.6. The molecule has 1 saturated heterocycles. The molecule has 0 spiro atoms. The summed E-state index contributed by atoms with van der Waals surface area (Å²) in [5.74, 6) is 0.541. The van der Waals surface area contributed by atoms with Crippen molar-refractivity contribution in [2.75, 3.05) is 24.5 Å². The second-order valence-corrected chi connectivity index (χ2v) is 8.19. The van der Waals surface area contributed by atoms with Crippen molar-refractivity contribution in [2.45, 2.75) is 38.9 Å². The molecule has 0 saturated carbocycles. The van der Waals surface area contributed by atoms with Crippen LogP contribution in [0.1, 0.15) is 35.4 Å². The number of nitrogens with one attached hydrogen (secondary N) is 1. The number of benzene rings is 1. The van der Waals surface area contributed by atoms with Crippen LogP contribution in [0.25, 0.3) is 0 Å². The fourth-order valence-corrected chi connectivity index (χ4v) is 4.47. The average Bonchev–Trinajstić information content (AvgIpc) is 3.43. The summed E-state index contributed by atoms with van der Waals surface area (Å²) in [5.41, 5.74) is 3.47. The lowest BCUT2D eigenvalue weighted by molar-refractivity contribution is 0.236. The van der Waals surface area contributed by atoms with Gasteiger partial charge in [0.2, 0.25) is 5.95 Å². The lowest BCUT2D eigenvalue weighted by atomic mass is 10.1. The third-order valence-corrected chi connectivity index (χ3v) is 6.15. The smallest absolute Gasteiger partial charge is 0.257 e. The van der Waals surface area contributed by atoms with Crippen molar-refractivity contribution in [2.24, 2.45) is 0 Å². The van der Waals surface area contributed by atoms with Crippen LogP contribution >= 0.6 is 0 Å². The van der Waals surface area contributed by atoms with Gasteiger partial charge in [-0.15, -0.1) is 0 Å². The number of hydrogen-bond acceptors (Lipinski definition) is 4. The van der Waals surface area contributed by atoms with Gasteiger partial charge in [-0.2, -0.15) is 0 Å². The molecule has 0 unspecified atom stereocenters. The maximum Gasteiger partial charge on any atom is 0.257 e. The van der Waals surface area contributed by atoms with Gasteiger partial charge < -0.3 is 9.47 Å². The number of H-pyrrole nitrogens is 1. The van der Waals surface area contributed by atoms with Gasteiger partial charge in [0.05, 0.1) is 17.8 Å². The molecular weight excluding hydrogens is 381 g/mol. The Hall–Kier alpha value is -2.93. The molecule has 4 heterocycles. The lowest BCUT2D eigenvalue weighted by Crippen LogP contribution is -2.37. The molecule has 156 valence electrons. The molecule has 1 fully saturated rings. The Bertz CT molecular complexity index is 1100. The number of rotatable bonds is 5. The average molecular weight is 407 g/mol. The quantitative estimate of drug-likeness (QED) is 0.707. The number of anilines is 1. The van der Waals surface area contributed by atoms with Crippen molar-refractivity contribution in [3.05, 3.63) is 81.3 Å². The summed E-state index contributed by atoms with van der Waals surface area (Å²) in [6.45, 7) is 4.59. The van der Waals surface area contributed by atoms with Crippen LogP contribution in [0.15, 0.2) is 47.4 Å². The molecule has 1 N–H and O–H groups in total. The minimum atomic E-state index is -0.185. The summed E-state index contributed by atoms with van der Waals surface area (Å²) in [6, 6.07) is 10.9.